The Kier molecular flexibility index (Phi) is 3.44. The molecular formula is C22H22FN5O2. The molecule has 3 aliphatic rings. The number of pyridine rings is 1. The van der Waals surface area contributed by atoms with Crippen molar-refractivity contribution in [3.63, 3.8) is 0 Å². The van der Waals surface area contributed by atoms with Crippen LogP contribution in [0, 0.1) is 30.5 Å². The maximum atomic E-state index is 13.9. The number of amides is 1. The predicted octanol–water partition coefficient (Wildman–Crippen LogP) is 2.59. The van der Waals surface area contributed by atoms with Gasteiger partial charge in [-0.15, -0.1) is 0 Å². The molecule has 1 amide bonds. The van der Waals surface area contributed by atoms with Crippen molar-refractivity contribution < 1.29 is 14.3 Å². The van der Waals surface area contributed by atoms with Crippen molar-refractivity contribution in [3.05, 3.63) is 41.3 Å². The van der Waals surface area contributed by atoms with Gasteiger partial charge in [0.05, 0.1) is 16.6 Å². The molecule has 30 heavy (non-hydrogen) atoms. The Morgan fingerprint density at radius 1 is 1.30 bits per heavy atom. The summed E-state index contributed by atoms with van der Waals surface area (Å²) in [6.45, 7) is 3.31. The molecule has 2 aromatic heterocycles. The Labute approximate surface area is 172 Å². The molecule has 3 fully saturated rings. The topological polar surface area (TPSA) is 108 Å². The fourth-order valence-electron chi connectivity index (χ4n) is 6.08. The molecule has 6 rings (SSSR count). The molecule has 7 nitrogen and oxygen atoms in total. The van der Waals surface area contributed by atoms with Crippen LogP contribution < -0.4 is 5.73 Å². The molecule has 1 aliphatic heterocycles. The summed E-state index contributed by atoms with van der Waals surface area (Å²) in [5, 5.41) is 17.3. The van der Waals surface area contributed by atoms with Crippen LogP contribution >= 0.6 is 0 Å². The Balaban J connectivity index is 1.41. The standard InChI is InChI=1S/C22H22FN5O2/c1-10-18-14(21(30)28-8-12-6-22(24)7-13(9-28)19(12)22)5-16(25-20(18)27-26-10)11-2-3-17(29)15(23)4-11/h2-5,12-13,19,29H,6-9,24H2,1H3,(H,25,26,27)/t12-,13+,19?,22?. The van der Waals surface area contributed by atoms with Gasteiger partial charge in [-0.05, 0) is 61.8 Å². The number of H-pyrrole nitrogens is 1. The Morgan fingerprint density at radius 2 is 2.03 bits per heavy atom. The first-order chi connectivity index (χ1) is 14.3. The molecule has 0 spiro atoms. The van der Waals surface area contributed by atoms with Gasteiger partial charge in [-0.3, -0.25) is 9.89 Å². The van der Waals surface area contributed by atoms with Crippen LogP contribution in [-0.4, -0.2) is 49.7 Å². The number of nitrogens with zero attached hydrogens (tertiary/aromatic N) is 3. The number of rotatable bonds is 2. The first kappa shape index (κ1) is 17.8. The molecule has 1 saturated heterocycles. The zero-order valence-corrected chi connectivity index (χ0v) is 16.5. The number of fused-ring (bicyclic) bond motifs is 1. The molecule has 4 N–H and O–H groups in total. The first-order valence-electron chi connectivity index (χ1n) is 10.3. The van der Waals surface area contributed by atoms with Gasteiger partial charge in [0.25, 0.3) is 5.91 Å². The third-order valence-electron chi connectivity index (χ3n) is 7.34. The highest BCUT2D eigenvalue weighted by atomic mass is 19.1. The molecule has 2 unspecified atom stereocenters. The predicted molar refractivity (Wildman–Crippen MR) is 108 cm³/mol. The van der Waals surface area contributed by atoms with Crippen LogP contribution in [0.25, 0.3) is 22.3 Å². The van der Waals surface area contributed by atoms with Crippen LogP contribution in [0.5, 0.6) is 5.75 Å². The lowest BCUT2D eigenvalue weighted by Gasteiger charge is -2.69. The number of likely N-dealkylation sites (tertiary alicyclic amines) is 1. The van der Waals surface area contributed by atoms with E-state index in [4.69, 9.17) is 5.73 Å². The summed E-state index contributed by atoms with van der Waals surface area (Å²) >= 11 is 0. The van der Waals surface area contributed by atoms with Gasteiger partial charge in [0.2, 0.25) is 0 Å². The number of benzene rings is 1. The minimum absolute atomic E-state index is 0.0195. The number of hydrogen-bond acceptors (Lipinski definition) is 5. The van der Waals surface area contributed by atoms with E-state index in [9.17, 15) is 14.3 Å². The summed E-state index contributed by atoms with van der Waals surface area (Å²) in [6.07, 6.45) is 1.99. The summed E-state index contributed by atoms with van der Waals surface area (Å²) < 4.78 is 13.9. The summed E-state index contributed by atoms with van der Waals surface area (Å²) in [5.74, 6) is 0.326. The second-order valence-electron chi connectivity index (χ2n) is 9.17. The van der Waals surface area contributed by atoms with Crippen molar-refractivity contribution in [2.24, 2.45) is 23.5 Å². The highest BCUT2D eigenvalue weighted by Crippen LogP contribution is 2.61. The number of nitrogens with two attached hydrogens (primary N) is 1. The molecule has 3 aromatic rings. The molecule has 0 bridgehead atoms. The number of hydrogen-bond donors (Lipinski definition) is 3. The second-order valence-corrected chi connectivity index (χ2v) is 9.17. The quantitative estimate of drug-likeness (QED) is 0.605. The number of halogens is 1. The van der Waals surface area contributed by atoms with Gasteiger partial charge in [0.1, 0.15) is 0 Å². The van der Waals surface area contributed by atoms with Crippen molar-refractivity contribution in [1.29, 1.82) is 0 Å². The lowest BCUT2D eigenvalue weighted by molar-refractivity contribution is -0.156. The third kappa shape index (κ3) is 2.31. The van der Waals surface area contributed by atoms with E-state index in [1.165, 1.54) is 12.1 Å². The second kappa shape index (κ2) is 5.78. The number of carbonyl (C=O) groups is 1. The van der Waals surface area contributed by atoms with Crippen LogP contribution in [0.15, 0.2) is 24.3 Å². The molecule has 1 aromatic carbocycles. The number of aromatic nitrogens is 3. The molecule has 0 radical (unpaired) electrons. The van der Waals surface area contributed by atoms with Crippen LogP contribution in [0.4, 0.5) is 4.39 Å². The highest BCUT2D eigenvalue weighted by Gasteiger charge is 2.65. The zero-order chi connectivity index (χ0) is 20.8. The summed E-state index contributed by atoms with van der Waals surface area (Å²) in [7, 11) is 0. The van der Waals surface area contributed by atoms with E-state index in [0.29, 0.717) is 45.6 Å². The number of piperidine rings is 1. The largest absolute Gasteiger partial charge is 0.505 e. The highest BCUT2D eigenvalue weighted by molar-refractivity contribution is 6.07. The van der Waals surface area contributed by atoms with Crippen molar-refractivity contribution >= 4 is 16.9 Å². The third-order valence-corrected chi connectivity index (χ3v) is 7.34. The average molecular weight is 407 g/mol. The van der Waals surface area contributed by atoms with E-state index in [1.54, 1.807) is 12.1 Å². The lowest BCUT2D eigenvalue weighted by atomic mass is 9.42. The molecule has 8 heteroatoms. The molecular weight excluding hydrogens is 385 g/mol. The van der Waals surface area contributed by atoms with Gasteiger partial charge in [-0.2, -0.15) is 5.10 Å². The summed E-state index contributed by atoms with van der Waals surface area (Å²) in [4.78, 5) is 20.1. The van der Waals surface area contributed by atoms with E-state index < -0.39 is 11.6 Å². The number of aromatic hydroxyl groups is 1. The number of aromatic amines is 1. The van der Waals surface area contributed by atoms with Crippen molar-refractivity contribution in [2.45, 2.75) is 25.3 Å². The number of nitrogens with one attached hydrogen (secondary N) is 1. The minimum atomic E-state index is -0.734. The summed E-state index contributed by atoms with van der Waals surface area (Å²) in [6, 6.07) is 5.78. The van der Waals surface area contributed by atoms with Crippen LogP contribution in [0.1, 0.15) is 28.9 Å². The Hall–Kier alpha value is -3.00. The van der Waals surface area contributed by atoms with Crippen LogP contribution in [-0.2, 0) is 0 Å². The maximum Gasteiger partial charge on any atom is 0.254 e. The smallest absolute Gasteiger partial charge is 0.254 e. The van der Waals surface area contributed by atoms with Crippen molar-refractivity contribution in [3.8, 4) is 17.0 Å². The lowest BCUT2D eigenvalue weighted by Crippen LogP contribution is -2.77. The van der Waals surface area contributed by atoms with E-state index in [2.05, 4.69) is 15.2 Å². The van der Waals surface area contributed by atoms with E-state index in [0.717, 1.165) is 31.6 Å². The van der Waals surface area contributed by atoms with E-state index in [1.807, 2.05) is 11.8 Å². The van der Waals surface area contributed by atoms with Gasteiger partial charge >= 0.3 is 0 Å². The fourth-order valence-corrected chi connectivity index (χ4v) is 6.08. The number of phenols is 1. The Bertz CT molecular complexity index is 1210. The number of carbonyl (C=O) groups excluding carboxylic acids is 1. The molecule has 3 heterocycles. The first-order valence-corrected chi connectivity index (χ1v) is 10.3. The van der Waals surface area contributed by atoms with Crippen LogP contribution in [0.3, 0.4) is 0 Å². The van der Waals surface area contributed by atoms with Gasteiger partial charge in [-0.25, -0.2) is 9.37 Å². The average Bonchev–Trinajstić information content (AvgIpc) is 3.07. The van der Waals surface area contributed by atoms with Gasteiger partial charge in [0.15, 0.2) is 17.2 Å². The van der Waals surface area contributed by atoms with Crippen LogP contribution in [0.2, 0.25) is 0 Å². The Morgan fingerprint density at radius 3 is 2.70 bits per heavy atom. The molecule has 2 aliphatic carbocycles. The SMILES string of the molecule is Cc1[nH]nc2nc(-c3ccc(O)c(F)c3)cc(C(=O)N3C[C@@H]4CC5(N)C[C@H](C3)C45)c12. The summed E-state index contributed by atoms with van der Waals surface area (Å²) in [5.41, 5.74) is 9.04. The van der Waals surface area contributed by atoms with Gasteiger partial charge in [0, 0.05) is 29.9 Å². The maximum absolute atomic E-state index is 13.9. The minimum Gasteiger partial charge on any atom is -0.505 e. The number of aryl methyl sites for hydroxylation is 1. The number of phenolic OH excluding ortho intramolecular Hbond substituents is 1. The van der Waals surface area contributed by atoms with E-state index in [-0.39, 0.29) is 11.4 Å². The zero-order valence-electron chi connectivity index (χ0n) is 16.5. The van der Waals surface area contributed by atoms with Crippen molar-refractivity contribution in [2.75, 3.05) is 13.1 Å². The monoisotopic (exact) mass is 407 g/mol. The van der Waals surface area contributed by atoms with E-state index >= 15 is 0 Å². The molecule has 2 saturated carbocycles. The van der Waals surface area contributed by atoms with Gasteiger partial charge < -0.3 is 15.7 Å². The van der Waals surface area contributed by atoms with Gasteiger partial charge in [-0.1, -0.05) is 0 Å². The normalized spacial score (nSPS) is 29.3. The van der Waals surface area contributed by atoms with Crippen molar-refractivity contribution in [1.82, 2.24) is 20.1 Å². The molecule has 4 atom stereocenters. The fraction of sp³-hybridized carbons (Fsp3) is 0.409. The molecule has 154 valence electrons.